The average molecular weight is 513 g/mol. The van der Waals surface area contributed by atoms with E-state index in [0.29, 0.717) is 43.4 Å². The average Bonchev–Trinajstić information content (AvgIpc) is 3.74. The summed E-state index contributed by atoms with van der Waals surface area (Å²) in [6, 6.07) is 13.3. The van der Waals surface area contributed by atoms with Crippen LogP contribution in [0.5, 0.6) is 0 Å². The van der Waals surface area contributed by atoms with Crippen molar-refractivity contribution >= 4 is 5.97 Å². The molecule has 1 atom stereocenters. The lowest BCUT2D eigenvalue weighted by atomic mass is 9.82. The fourth-order valence-corrected chi connectivity index (χ4v) is 5.15. The van der Waals surface area contributed by atoms with E-state index in [0.717, 1.165) is 18.4 Å². The Morgan fingerprint density at radius 3 is 2.14 bits per heavy atom. The maximum Gasteiger partial charge on any atom is 0.341 e. The third-order valence-corrected chi connectivity index (χ3v) is 7.32. The zero-order valence-electron chi connectivity index (χ0n) is 20.5. The van der Waals surface area contributed by atoms with E-state index in [9.17, 15) is 13.6 Å². The van der Waals surface area contributed by atoms with E-state index >= 15 is 8.78 Å². The number of aryl methyl sites for hydroxylation is 1. The molecule has 3 aromatic carbocycles. The highest BCUT2D eigenvalue weighted by Gasteiger charge is 2.33. The Hall–Kier alpha value is -3.19. The van der Waals surface area contributed by atoms with Crippen LogP contribution in [0.3, 0.4) is 0 Å². The predicted molar refractivity (Wildman–Crippen MR) is 131 cm³/mol. The van der Waals surface area contributed by atoms with Crippen LogP contribution < -0.4 is 0 Å². The van der Waals surface area contributed by atoms with Gasteiger partial charge in [-0.2, -0.15) is 0 Å². The van der Waals surface area contributed by atoms with Crippen molar-refractivity contribution in [3.05, 3.63) is 94.1 Å². The topological polar surface area (TPSA) is 38.8 Å². The van der Waals surface area contributed by atoms with Crippen molar-refractivity contribution in [1.82, 2.24) is 0 Å². The van der Waals surface area contributed by atoms with Gasteiger partial charge in [-0.05, 0) is 60.8 Å². The molecule has 194 valence electrons. The SMILES string of the molecule is CCCc1ccc(-c2ccc(C3CCC(OC(=O)c4ccc(C5CO5)c(F)c4F)CC3)c(F)c2F)cc1. The summed E-state index contributed by atoms with van der Waals surface area (Å²) in [6.07, 6.45) is 2.75. The molecule has 1 aliphatic carbocycles. The Morgan fingerprint density at radius 2 is 1.49 bits per heavy atom. The maximum atomic E-state index is 15.1. The van der Waals surface area contributed by atoms with Crippen molar-refractivity contribution in [1.29, 1.82) is 0 Å². The van der Waals surface area contributed by atoms with Crippen LogP contribution in [-0.2, 0) is 15.9 Å². The fraction of sp³-hybridized carbons (Fsp3) is 0.367. The highest BCUT2D eigenvalue weighted by atomic mass is 19.2. The molecule has 1 saturated carbocycles. The van der Waals surface area contributed by atoms with E-state index in [2.05, 4.69) is 6.92 Å². The van der Waals surface area contributed by atoms with Gasteiger partial charge in [0.05, 0.1) is 12.2 Å². The van der Waals surface area contributed by atoms with Crippen molar-refractivity contribution in [2.24, 2.45) is 0 Å². The number of esters is 1. The minimum Gasteiger partial charge on any atom is -0.459 e. The lowest BCUT2D eigenvalue weighted by Gasteiger charge is -2.29. The standard InChI is InChI=1S/C30H28F4O3/c1-2-3-17-4-6-18(7-5-17)21-12-13-22(27(32)26(21)31)19-8-10-20(11-9-19)37-30(35)24-15-14-23(25-16-36-25)28(33)29(24)34/h4-7,12-15,19-20,25H,2-3,8-11,16H2,1H3. The molecule has 0 N–H and O–H groups in total. The molecule has 5 rings (SSSR count). The van der Waals surface area contributed by atoms with Crippen molar-refractivity contribution in [2.45, 2.75) is 63.6 Å². The second kappa shape index (κ2) is 10.7. The summed E-state index contributed by atoms with van der Waals surface area (Å²) in [4.78, 5) is 12.5. The third kappa shape index (κ3) is 5.28. The number of carbonyl (C=O) groups excluding carboxylic acids is 1. The first-order chi connectivity index (χ1) is 17.9. The van der Waals surface area contributed by atoms with Gasteiger partial charge in [0.2, 0.25) is 0 Å². The third-order valence-electron chi connectivity index (χ3n) is 7.32. The molecule has 0 amide bonds. The van der Waals surface area contributed by atoms with Crippen molar-refractivity contribution in [2.75, 3.05) is 6.61 Å². The molecule has 0 radical (unpaired) electrons. The molecule has 1 unspecified atom stereocenters. The van der Waals surface area contributed by atoms with E-state index in [-0.39, 0.29) is 17.0 Å². The number of carbonyl (C=O) groups is 1. The Balaban J connectivity index is 1.22. The first kappa shape index (κ1) is 25.5. The lowest BCUT2D eigenvalue weighted by Crippen LogP contribution is -2.25. The van der Waals surface area contributed by atoms with Crippen LogP contribution in [0.2, 0.25) is 0 Å². The van der Waals surface area contributed by atoms with Gasteiger partial charge in [0.1, 0.15) is 12.2 Å². The van der Waals surface area contributed by atoms with Gasteiger partial charge >= 0.3 is 5.97 Å². The van der Waals surface area contributed by atoms with Gasteiger partial charge in [0, 0.05) is 11.1 Å². The van der Waals surface area contributed by atoms with E-state index in [1.807, 2.05) is 24.3 Å². The van der Waals surface area contributed by atoms with Crippen LogP contribution >= 0.6 is 0 Å². The van der Waals surface area contributed by atoms with Crippen molar-refractivity contribution in [3.8, 4) is 11.1 Å². The summed E-state index contributed by atoms with van der Waals surface area (Å²) in [5, 5.41) is 0. The second-order valence-electron chi connectivity index (χ2n) is 9.81. The monoisotopic (exact) mass is 512 g/mol. The molecule has 1 heterocycles. The lowest BCUT2D eigenvalue weighted by molar-refractivity contribution is 0.0188. The first-order valence-corrected chi connectivity index (χ1v) is 12.7. The zero-order chi connectivity index (χ0) is 26.1. The number of rotatable bonds is 7. The molecule has 0 aromatic heterocycles. The van der Waals surface area contributed by atoms with Crippen LogP contribution in [-0.4, -0.2) is 18.7 Å². The van der Waals surface area contributed by atoms with Gasteiger partial charge in [-0.3, -0.25) is 0 Å². The predicted octanol–water partition coefficient (Wildman–Crippen LogP) is 7.82. The summed E-state index contributed by atoms with van der Waals surface area (Å²) < 4.78 is 69.2. The van der Waals surface area contributed by atoms with Crippen LogP contribution in [0.15, 0.2) is 48.5 Å². The molecule has 3 nitrogen and oxygen atoms in total. The molecule has 3 aromatic rings. The highest BCUT2D eigenvalue weighted by molar-refractivity contribution is 5.90. The fourth-order valence-electron chi connectivity index (χ4n) is 5.15. The van der Waals surface area contributed by atoms with Gasteiger partial charge in [-0.25, -0.2) is 22.4 Å². The maximum absolute atomic E-state index is 15.1. The normalized spacial score (nSPS) is 21.1. The van der Waals surface area contributed by atoms with Crippen molar-refractivity contribution < 1.29 is 31.8 Å². The molecule has 2 aliphatic rings. The smallest absolute Gasteiger partial charge is 0.341 e. The van der Waals surface area contributed by atoms with E-state index < -0.39 is 47.0 Å². The van der Waals surface area contributed by atoms with Gasteiger partial charge in [0.25, 0.3) is 0 Å². The van der Waals surface area contributed by atoms with Gasteiger partial charge in [-0.1, -0.05) is 55.8 Å². The highest BCUT2D eigenvalue weighted by Crippen LogP contribution is 2.38. The summed E-state index contributed by atoms with van der Waals surface area (Å²) in [5.41, 5.74) is 1.93. The molecule has 37 heavy (non-hydrogen) atoms. The molecule has 1 saturated heterocycles. The number of ether oxygens (including phenoxy) is 2. The summed E-state index contributed by atoms with van der Waals surface area (Å²) in [6.45, 7) is 2.41. The van der Waals surface area contributed by atoms with Crippen LogP contribution in [0.1, 0.15) is 78.1 Å². The van der Waals surface area contributed by atoms with Gasteiger partial charge in [-0.15, -0.1) is 0 Å². The summed E-state index contributed by atoms with van der Waals surface area (Å²) in [5.74, 6) is -5.23. The Labute approximate surface area is 213 Å². The second-order valence-corrected chi connectivity index (χ2v) is 9.81. The quantitative estimate of drug-likeness (QED) is 0.184. The number of epoxide rings is 1. The minimum atomic E-state index is -1.25. The van der Waals surface area contributed by atoms with Gasteiger partial charge in [0.15, 0.2) is 23.3 Å². The summed E-state index contributed by atoms with van der Waals surface area (Å²) >= 11 is 0. The molecule has 0 spiro atoms. The van der Waals surface area contributed by atoms with Crippen LogP contribution in [0, 0.1) is 23.3 Å². The Morgan fingerprint density at radius 1 is 0.838 bits per heavy atom. The summed E-state index contributed by atoms with van der Waals surface area (Å²) in [7, 11) is 0. The molecular formula is C30H28F4O3. The molecule has 2 fully saturated rings. The number of hydrogen-bond acceptors (Lipinski definition) is 3. The van der Waals surface area contributed by atoms with E-state index in [4.69, 9.17) is 9.47 Å². The zero-order valence-corrected chi connectivity index (χ0v) is 20.5. The molecular weight excluding hydrogens is 484 g/mol. The van der Waals surface area contributed by atoms with E-state index in [1.165, 1.54) is 12.1 Å². The van der Waals surface area contributed by atoms with Crippen LogP contribution in [0.4, 0.5) is 17.6 Å². The van der Waals surface area contributed by atoms with Crippen molar-refractivity contribution in [3.63, 3.8) is 0 Å². The number of hydrogen-bond donors (Lipinski definition) is 0. The van der Waals surface area contributed by atoms with Crippen LogP contribution in [0.25, 0.3) is 11.1 Å². The molecule has 1 aliphatic heterocycles. The van der Waals surface area contributed by atoms with E-state index in [1.54, 1.807) is 12.1 Å². The number of benzene rings is 3. The van der Waals surface area contributed by atoms with Gasteiger partial charge < -0.3 is 9.47 Å². The number of halogens is 4. The Kier molecular flexibility index (Phi) is 7.33. The largest absolute Gasteiger partial charge is 0.459 e. The molecule has 0 bridgehead atoms. The minimum absolute atomic E-state index is 0.0864. The first-order valence-electron chi connectivity index (χ1n) is 12.7. The Bertz CT molecular complexity index is 1290. The molecule has 7 heteroatoms.